The van der Waals surface area contributed by atoms with E-state index in [-0.39, 0.29) is 12.1 Å². The number of halogens is 1. The Morgan fingerprint density at radius 3 is 2.75 bits per heavy atom. The van der Waals surface area contributed by atoms with Crippen LogP contribution in [0.4, 0.5) is 4.39 Å². The number of benzene rings is 1. The first-order valence-corrected chi connectivity index (χ1v) is 7.18. The molecule has 0 bridgehead atoms. The van der Waals surface area contributed by atoms with Crippen molar-refractivity contribution in [3.63, 3.8) is 0 Å². The van der Waals surface area contributed by atoms with Gasteiger partial charge in [0.05, 0.1) is 17.6 Å². The summed E-state index contributed by atoms with van der Waals surface area (Å²) < 4.78 is 44.1. The number of hydrogen-bond donors (Lipinski definition) is 1. The predicted molar refractivity (Wildman–Crippen MR) is 71.0 cm³/mol. The van der Waals surface area contributed by atoms with Crippen LogP contribution in [-0.2, 0) is 14.8 Å². The first-order valence-electron chi connectivity index (χ1n) is 5.69. The highest BCUT2D eigenvalue weighted by molar-refractivity contribution is 7.89. The molecule has 0 spiro atoms. The number of hydrogen-bond acceptors (Lipinski definition) is 4. The quantitative estimate of drug-likeness (QED) is 0.505. The molecule has 0 saturated heterocycles. The van der Waals surface area contributed by atoms with E-state index in [0.717, 1.165) is 25.3 Å². The van der Waals surface area contributed by atoms with Gasteiger partial charge in [-0.15, -0.1) is 11.8 Å². The Bertz CT molecular complexity index is 659. The van der Waals surface area contributed by atoms with Crippen molar-refractivity contribution in [1.29, 1.82) is 0 Å². The minimum atomic E-state index is -4.01. The summed E-state index contributed by atoms with van der Waals surface area (Å²) in [5.74, 6) is 3.71. The number of ether oxygens (including phenoxy) is 1. The lowest BCUT2D eigenvalue weighted by atomic mass is 10.2. The maximum Gasteiger partial charge on any atom is 0.339 e. The molecule has 0 aliphatic rings. The third-order valence-electron chi connectivity index (χ3n) is 2.36. The largest absolute Gasteiger partial charge is 0.465 e. The topological polar surface area (TPSA) is 72.5 Å². The predicted octanol–water partition coefficient (Wildman–Crippen LogP) is 1.30. The van der Waals surface area contributed by atoms with Crippen LogP contribution < -0.4 is 4.72 Å². The molecular formula is C13H14FNO4S. The fraction of sp³-hybridized carbons (Fsp3) is 0.308. The van der Waals surface area contributed by atoms with Gasteiger partial charge < -0.3 is 4.74 Å². The van der Waals surface area contributed by atoms with Gasteiger partial charge in [-0.2, -0.15) is 0 Å². The molecule has 0 fully saturated rings. The summed E-state index contributed by atoms with van der Waals surface area (Å²) in [6.45, 7) is 1.71. The molecule has 1 aromatic carbocycles. The standard InChI is InChI=1S/C13H14FNO4S/c1-3-4-5-8-15-20(17,18)12-9-10(14)6-7-11(12)13(16)19-2/h6-7,9,15H,5,8H2,1-2H3. The lowest BCUT2D eigenvalue weighted by molar-refractivity contribution is 0.0596. The summed E-state index contributed by atoms with van der Waals surface area (Å²) in [6, 6.07) is 2.84. The van der Waals surface area contributed by atoms with E-state index in [9.17, 15) is 17.6 Å². The van der Waals surface area contributed by atoms with E-state index in [1.807, 2.05) is 0 Å². The lowest BCUT2D eigenvalue weighted by Gasteiger charge is -2.09. The summed E-state index contributed by atoms with van der Waals surface area (Å²) in [6.07, 6.45) is 0.318. The number of nitrogens with one attached hydrogen (secondary N) is 1. The van der Waals surface area contributed by atoms with Gasteiger partial charge in [-0.25, -0.2) is 22.3 Å². The Hall–Kier alpha value is -1.91. The second-order valence-corrected chi connectivity index (χ2v) is 5.44. The Balaban J connectivity index is 3.11. The minimum Gasteiger partial charge on any atom is -0.465 e. The van der Waals surface area contributed by atoms with Crippen molar-refractivity contribution in [2.45, 2.75) is 18.2 Å². The van der Waals surface area contributed by atoms with Crippen LogP contribution in [0.5, 0.6) is 0 Å². The molecule has 7 heteroatoms. The highest BCUT2D eigenvalue weighted by atomic mass is 32.2. The molecule has 5 nitrogen and oxygen atoms in total. The zero-order valence-electron chi connectivity index (χ0n) is 11.1. The third-order valence-corrected chi connectivity index (χ3v) is 3.86. The smallest absolute Gasteiger partial charge is 0.339 e. The molecule has 0 amide bonds. The average molecular weight is 299 g/mol. The summed E-state index contributed by atoms with van der Waals surface area (Å²) in [5.41, 5.74) is -0.219. The molecule has 1 rings (SSSR count). The Morgan fingerprint density at radius 1 is 1.45 bits per heavy atom. The molecule has 0 unspecified atom stereocenters. The summed E-state index contributed by atoms with van der Waals surface area (Å²) in [4.78, 5) is 11.1. The van der Waals surface area contributed by atoms with Crippen LogP contribution >= 0.6 is 0 Å². The van der Waals surface area contributed by atoms with Crippen LogP contribution in [0.15, 0.2) is 23.1 Å². The Kier molecular flexibility index (Phi) is 5.67. The molecule has 0 heterocycles. The van der Waals surface area contributed by atoms with E-state index in [0.29, 0.717) is 6.42 Å². The van der Waals surface area contributed by atoms with Crippen molar-refractivity contribution in [1.82, 2.24) is 4.72 Å². The van der Waals surface area contributed by atoms with E-state index in [1.54, 1.807) is 6.92 Å². The number of rotatable bonds is 5. The van der Waals surface area contributed by atoms with Gasteiger partial charge >= 0.3 is 5.97 Å². The number of carbonyl (C=O) groups excluding carboxylic acids is 1. The highest BCUT2D eigenvalue weighted by Gasteiger charge is 2.23. The van der Waals surface area contributed by atoms with Crippen LogP contribution in [0.25, 0.3) is 0 Å². The van der Waals surface area contributed by atoms with Gasteiger partial charge in [0.15, 0.2) is 0 Å². The van der Waals surface area contributed by atoms with E-state index in [2.05, 4.69) is 21.3 Å². The van der Waals surface area contributed by atoms with Crippen molar-refractivity contribution in [2.24, 2.45) is 0 Å². The first kappa shape index (κ1) is 16.1. The van der Waals surface area contributed by atoms with E-state index in [1.165, 1.54) is 0 Å². The number of sulfonamides is 1. The number of carbonyl (C=O) groups is 1. The summed E-state index contributed by atoms with van der Waals surface area (Å²) >= 11 is 0. The molecule has 1 aromatic rings. The van der Waals surface area contributed by atoms with E-state index < -0.39 is 26.7 Å². The summed E-state index contributed by atoms with van der Waals surface area (Å²) in [5, 5.41) is 0. The Morgan fingerprint density at radius 2 is 2.15 bits per heavy atom. The van der Waals surface area contributed by atoms with Gasteiger partial charge in [-0.05, 0) is 25.1 Å². The molecule has 0 radical (unpaired) electrons. The van der Waals surface area contributed by atoms with Crippen LogP contribution in [0.1, 0.15) is 23.7 Å². The maximum atomic E-state index is 13.2. The van der Waals surface area contributed by atoms with Crippen molar-refractivity contribution in [2.75, 3.05) is 13.7 Å². The van der Waals surface area contributed by atoms with E-state index >= 15 is 0 Å². The normalized spacial score (nSPS) is 10.6. The van der Waals surface area contributed by atoms with Gasteiger partial charge in [0.1, 0.15) is 5.82 Å². The molecule has 0 saturated carbocycles. The molecule has 0 aliphatic carbocycles. The van der Waals surface area contributed by atoms with Gasteiger partial charge in [0.2, 0.25) is 10.0 Å². The zero-order valence-corrected chi connectivity index (χ0v) is 11.9. The highest BCUT2D eigenvalue weighted by Crippen LogP contribution is 2.18. The molecule has 0 aromatic heterocycles. The third kappa shape index (κ3) is 4.05. The second-order valence-electron chi connectivity index (χ2n) is 3.71. The molecular weight excluding hydrogens is 285 g/mol. The van der Waals surface area contributed by atoms with E-state index in [4.69, 9.17) is 0 Å². The molecule has 0 atom stereocenters. The van der Waals surface area contributed by atoms with Gasteiger partial charge in [-0.3, -0.25) is 0 Å². The number of esters is 1. The fourth-order valence-electron chi connectivity index (χ4n) is 1.45. The maximum absolute atomic E-state index is 13.2. The van der Waals surface area contributed by atoms with Crippen LogP contribution in [0.3, 0.4) is 0 Å². The molecule has 1 N–H and O–H groups in total. The SMILES string of the molecule is CC#CCCNS(=O)(=O)c1cc(F)ccc1C(=O)OC. The fourth-order valence-corrected chi connectivity index (χ4v) is 2.68. The van der Waals surface area contributed by atoms with Crippen molar-refractivity contribution >= 4 is 16.0 Å². The number of methoxy groups -OCH3 is 1. The Labute approximate surface area is 117 Å². The van der Waals surface area contributed by atoms with Crippen LogP contribution in [0.2, 0.25) is 0 Å². The molecule has 108 valence electrons. The van der Waals surface area contributed by atoms with Crippen molar-refractivity contribution < 1.29 is 22.3 Å². The van der Waals surface area contributed by atoms with Gasteiger partial charge in [-0.1, -0.05) is 0 Å². The van der Waals surface area contributed by atoms with Gasteiger partial charge in [0, 0.05) is 13.0 Å². The zero-order chi connectivity index (χ0) is 15.2. The molecule has 20 heavy (non-hydrogen) atoms. The lowest BCUT2D eigenvalue weighted by Crippen LogP contribution is -2.26. The monoisotopic (exact) mass is 299 g/mol. The first-order chi connectivity index (χ1) is 9.42. The van der Waals surface area contributed by atoms with Gasteiger partial charge in [0.25, 0.3) is 0 Å². The summed E-state index contributed by atoms with van der Waals surface area (Å²) in [7, 11) is -2.89. The van der Waals surface area contributed by atoms with Crippen molar-refractivity contribution in [3.8, 4) is 11.8 Å². The van der Waals surface area contributed by atoms with Crippen LogP contribution in [-0.4, -0.2) is 28.0 Å². The minimum absolute atomic E-state index is 0.0697. The molecule has 0 aliphatic heterocycles. The van der Waals surface area contributed by atoms with Crippen molar-refractivity contribution in [3.05, 3.63) is 29.6 Å². The van der Waals surface area contributed by atoms with Crippen LogP contribution in [0, 0.1) is 17.7 Å². The average Bonchev–Trinajstić information content (AvgIpc) is 2.42. The second kappa shape index (κ2) is 7.03.